The molecule has 6 heteroatoms. The average Bonchev–Trinajstić information content (AvgIpc) is 2.46. The molecule has 24 heavy (non-hydrogen) atoms. The molecule has 0 heterocycles. The Morgan fingerprint density at radius 1 is 0.750 bits per heavy atom. The van der Waals surface area contributed by atoms with Gasteiger partial charge in [0, 0.05) is 0 Å². The SMILES string of the molecule is CC(C)(C)c1ccc(OC(=O)Oc2ccc(C(F)(F)F)cc2)cc1. The lowest BCUT2D eigenvalue weighted by Gasteiger charge is -2.18. The van der Waals surface area contributed by atoms with Gasteiger partial charge in [0.05, 0.1) is 5.56 Å². The molecule has 0 radical (unpaired) electrons. The predicted octanol–water partition coefficient (Wildman–Crippen LogP) is 5.58. The summed E-state index contributed by atoms with van der Waals surface area (Å²) in [6, 6.07) is 10.7. The lowest BCUT2D eigenvalue weighted by molar-refractivity contribution is -0.137. The van der Waals surface area contributed by atoms with E-state index < -0.39 is 17.9 Å². The Kier molecular flexibility index (Phi) is 4.87. The molecule has 3 nitrogen and oxygen atoms in total. The monoisotopic (exact) mass is 338 g/mol. The molecule has 0 aliphatic heterocycles. The van der Waals surface area contributed by atoms with Gasteiger partial charge in [-0.2, -0.15) is 13.2 Å². The Morgan fingerprint density at radius 2 is 1.12 bits per heavy atom. The molecule has 0 saturated heterocycles. The van der Waals surface area contributed by atoms with Gasteiger partial charge in [-0.15, -0.1) is 0 Å². The van der Waals surface area contributed by atoms with Gasteiger partial charge in [0.2, 0.25) is 0 Å². The van der Waals surface area contributed by atoms with Gasteiger partial charge in [0.15, 0.2) is 0 Å². The summed E-state index contributed by atoms with van der Waals surface area (Å²) in [4.78, 5) is 11.7. The Hall–Kier alpha value is -2.50. The van der Waals surface area contributed by atoms with E-state index in [1.54, 1.807) is 12.1 Å². The van der Waals surface area contributed by atoms with Crippen LogP contribution in [-0.2, 0) is 11.6 Å². The van der Waals surface area contributed by atoms with Crippen molar-refractivity contribution in [1.82, 2.24) is 0 Å². The highest BCUT2D eigenvalue weighted by Gasteiger charge is 2.30. The van der Waals surface area contributed by atoms with Crippen molar-refractivity contribution in [2.75, 3.05) is 0 Å². The molecule has 0 bridgehead atoms. The topological polar surface area (TPSA) is 35.5 Å². The highest BCUT2D eigenvalue weighted by molar-refractivity contribution is 5.67. The predicted molar refractivity (Wildman–Crippen MR) is 83.2 cm³/mol. The summed E-state index contributed by atoms with van der Waals surface area (Å²) in [6.45, 7) is 6.17. The van der Waals surface area contributed by atoms with Gasteiger partial charge in [0.25, 0.3) is 0 Å². The third-order valence-electron chi connectivity index (χ3n) is 3.30. The number of carbonyl (C=O) groups excluding carboxylic acids is 1. The van der Waals surface area contributed by atoms with Gasteiger partial charge in [-0.25, -0.2) is 4.79 Å². The van der Waals surface area contributed by atoms with Crippen molar-refractivity contribution in [3.8, 4) is 11.5 Å². The molecule has 0 aliphatic rings. The van der Waals surface area contributed by atoms with E-state index >= 15 is 0 Å². The minimum absolute atomic E-state index is 0.0284. The van der Waals surface area contributed by atoms with Crippen molar-refractivity contribution in [3.63, 3.8) is 0 Å². The van der Waals surface area contributed by atoms with Crippen LogP contribution >= 0.6 is 0 Å². The van der Waals surface area contributed by atoms with Crippen molar-refractivity contribution in [2.24, 2.45) is 0 Å². The van der Waals surface area contributed by atoms with Crippen LogP contribution in [0.2, 0.25) is 0 Å². The summed E-state index contributed by atoms with van der Waals surface area (Å²) in [5.74, 6) is 0.263. The summed E-state index contributed by atoms with van der Waals surface area (Å²) >= 11 is 0. The second-order valence-corrected chi connectivity index (χ2v) is 6.25. The fraction of sp³-hybridized carbons (Fsp3) is 0.278. The zero-order valence-corrected chi connectivity index (χ0v) is 13.5. The van der Waals surface area contributed by atoms with Crippen molar-refractivity contribution in [2.45, 2.75) is 32.4 Å². The third kappa shape index (κ3) is 4.75. The van der Waals surface area contributed by atoms with Crippen LogP contribution in [0.4, 0.5) is 18.0 Å². The molecule has 0 spiro atoms. The molecule has 0 amide bonds. The van der Waals surface area contributed by atoms with Crippen LogP contribution in [-0.4, -0.2) is 6.16 Å². The Morgan fingerprint density at radius 3 is 1.46 bits per heavy atom. The molecule has 2 rings (SSSR count). The second-order valence-electron chi connectivity index (χ2n) is 6.25. The lowest BCUT2D eigenvalue weighted by atomic mass is 9.87. The Bertz CT molecular complexity index is 635. The smallest absolute Gasteiger partial charge is 0.395 e. The zero-order valence-electron chi connectivity index (χ0n) is 13.5. The third-order valence-corrected chi connectivity index (χ3v) is 3.30. The van der Waals surface area contributed by atoms with Crippen molar-refractivity contribution >= 4 is 6.16 Å². The highest BCUT2D eigenvalue weighted by atomic mass is 19.4. The lowest BCUT2D eigenvalue weighted by Crippen LogP contribution is -2.15. The molecular weight excluding hydrogens is 321 g/mol. The summed E-state index contributed by atoms with van der Waals surface area (Å²) in [7, 11) is 0. The van der Waals surface area contributed by atoms with Gasteiger partial charge in [-0.3, -0.25) is 0 Å². The molecule has 2 aromatic carbocycles. The van der Waals surface area contributed by atoms with E-state index in [0.717, 1.165) is 29.8 Å². The van der Waals surface area contributed by atoms with Crippen LogP contribution in [0.1, 0.15) is 31.9 Å². The summed E-state index contributed by atoms with van der Waals surface area (Å²) < 4.78 is 47.2. The summed E-state index contributed by atoms with van der Waals surface area (Å²) in [5, 5.41) is 0. The number of rotatable bonds is 2. The fourth-order valence-electron chi connectivity index (χ4n) is 1.95. The van der Waals surface area contributed by atoms with E-state index in [0.29, 0.717) is 5.75 Å². The number of alkyl halides is 3. The molecular formula is C18H17F3O3. The van der Waals surface area contributed by atoms with E-state index in [4.69, 9.17) is 9.47 Å². The van der Waals surface area contributed by atoms with Gasteiger partial charge in [0.1, 0.15) is 11.5 Å². The second kappa shape index (κ2) is 6.55. The quantitative estimate of drug-likeness (QED) is 0.529. The van der Waals surface area contributed by atoms with Gasteiger partial charge < -0.3 is 9.47 Å². The van der Waals surface area contributed by atoms with Crippen LogP contribution < -0.4 is 9.47 Å². The van der Waals surface area contributed by atoms with Crippen LogP contribution in [0, 0.1) is 0 Å². The molecule has 0 fully saturated rings. The maximum atomic E-state index is 12.5. The minimum Gasteiger partial charge on any atom is -0.395 e. The van der Waals surface area contributed by atoms with E-state index in [1.807, 2.05) is 12.1 Å². The highest BCUT2D eigenvalue weighted by Crippen LogP contribution is 2.30. The molecule has 0 aliphatic carbocycles. The number of benzene rings is 2. The normalized spacial score (nSPS) is 11.9. The van der Waals surface area contributed by atoms with Gasteiger partial charge >= 0.3 is 12.3 Å². The first-order chi connectivity index (χ1) is 11.1. The number of hydrogen-bond donors (Lipinski definition) is 0. The molecule has 0 saturated carbocycles. The first-order valence-electron chi connectivity index (χ1n) is 7.23. The van der Waals surface area contributed by atoms with Crippen LogP contribution in [0.25, 0.3) is 0 Å². The average molecular weight is 338 g/mol. The number of halogens is 3. The molecule has 0 unspecified atom stereocenters. The first-order valence-corrected chi connectivity index (χ1v) is 7.23. The van der Waals surface area contributed by atoms with Gasteiger partial charge in [-0.05, 0) is 47.4 Å². The Balaban J connectivity index is 1.98. The van der Waals surface area contributed by atoms with Gasteiger partial charge in [-0.1, -0.05) is 32.9 Å². The largest absolute Gasteiger partial charge is 0.519 e. The van der Waals surface area contributed by atoms with Crippen molar-refractivity contribution in [1.29, 1.82) is 0 Å². The maximum absolute atomic E-state index is 12.5. The number of ether oxygens (including phenoxy) is 2. The van der Waals surface area contributed by atoms with Crippen LogP contribution in [0.15, 0.2) is 48.5 Å². The van der Waals surface area contributed by atoms with E-state index in [1.165, 1.54) is 0 Å². The summed E-state index contributed by atoms with van der Waals surface area (Å²) in [5.41, 5.74) is 0.228. The molecule has 0 aromatic heterocycles. The van der Waals surface area contributed by atoms with E-state index in [-0.39, 0.29) is 11.2 Å². The first kappa shape index (κ1) is 17.8. The maximum Gasteiger partial charge on any atom is 0.519 e. The summed E-state index contributed by atoms with van der Waals surface area (Å²) in [6.07, 6.45) is -5.45. The molecule has 0 N–H and O–H groups in total. The zero-order chi connectivity index (χ0) is 18.0. The molecule has 2 aromatic rings. The molecule has 0 atom stereocenters. The van der Waals surface area contributed by atoms with Crippen LogP contribution in [0.5, 0.6) is 11.5 Å². The fourth-order valence-corrected chi connectivity index (χ4v) is 1.95. The standard InChI is InChI=1S/C18H17F3O3/c1-17(2,3)12-4-8-14(9-5-12)23-16(22)24-15-10-6-13(7-11-15)18(19,20)21/h4-11H,1-3H3. The molecule has 128 valence electrons. The minimum atomic E-state index is -4.44. The number of hydrogen-bond acceptors (Lipinski definition) is 3. The van der Waals surface area contributed by atoms with Crippen molar-refractivity contribution in [3.05, 3.63) is 59.7 Å². The van der Waals surface area contributed by atoms with E-state index in [2.05, 4.69) is 20.8 Å². The van der Waals surface area contributed by atoms with E-state index in [9.17, 15) is 18.0 Å². The van der Waals surface area contributed by atoms with Crippen LogP contribution in [0.3, 0.4) is 0 Å². The Labute approximate surface area is 138 Å². The number of carbonyl (C=O) groups is 1. The van der Waals surface area contributed by atoms with Crippen molar-refractivity contribution < 1.29 is 27.4 Å².